The van der Waals surface area contributed by atoms with Gasteiger partial charge in [0.1, 0.15) is 0 Å². The molecule has 90 valence electrons. The van der Waals surface area contributed by atoms with Crippen LogP contribution in [0.2, 0.25) is 0 Å². The molecule has 0 atom stereocenters. The summed E-state index contributed by atoms with van der Waals surface area (Å²) in [5.41, 5.74) is 0. The van der Waals surface area contributed by atoms with Crippen LogP contribution in [0.4, 0.5) is 0 Å². The summed E-state index contributed by atoms with van der Waals surface area (Å²) >= 11 is 0. The molecule has 0 unspecified atom stereocenters. The zero-order valence-electron chi connectivity index (χ0n) is 10.3. The van der Waals surface area contributed by atoms with E-state index < -0.39 is 0 Å². The highest BCUT2D eigenvalue weighted by Crippen LogP contribution is 2.22. The normalized spacial score (nSPS) is 18.2. The molecule has 1 aliphatic carbocycles. The van der Waals surface area contributed by atoms with Crippen molar-refractivity contribution in [3.05, 3.63) is 0 Å². The molecule has 0 aromatic rings. The fourth-order valence-corrected chi connectivity index (χ4v) is 2.37. The van der Waals surface area contributed by atoms with Gasteiger partial charge < -0.3 is 10.1 Å². The summed E-state index contributed by atoms with van der Waals surface area (Å²) in [4.78, 5) is 0. The van der Waals surface area contributed by atoms with Crippen LogP contribution in [-0.2, 0) is 4.74 Å². The van der Waals surface area contributed by atoms with E-state index in [1.807, 2.05) is 0 Å². The zero-order valence-corrected chi connectivity index (χ0v) is 10.3. The molecule has 2 heteroatoms. The van der Waals surface area contributed by atoms with E-state index in [0.717, 1.165) is 12.5 Å². The van der Waals surface area contributed by atoms with Crippen LogP contribution in [0, 0.1) is 5.92 Å². The van der Waals surface area contributed by atoms with Crippen molar-refractivity contribution in [3.8, 4) is 0 Å². The molecule has 1 rings (SSSR count). The third-order valence-corrected chi connectivity index (χ3v) is 3.36. The largest absolute Gasteiger partial charge is 0.385 e. The number of ether oxygens (including phenoxy) is 1. The minimum absolute atomic E-state index is 0.919. The summed E-state index contributed by atoms with van der Waals surface area (Å²) in [7, 11) is 1.78. The lowest BCUT2D eigenvalue weighted by molar-refractivity contribution is 0.192. The molecule has 15 heavy (non-hydrogen) atoms. The average molecular weight is 213 g/mol. The molecule has 2 nitrogen and oxygen atoms in total. The predicted molar refractivity (Wildman–Crippen MR) is 65.2 cm³/mol. The van der Waals surface area contributed by atoms with Crippen LogP contribution >= 0.6 is 0 Å². The van der Waals surface area contributed by atoms with Gasteiger partial charge in [-0.2, -0.15) is 0 Å². The number of hydrogen-bond donors (Lipinski definition) is 1. The maximum absolute atomic E-state index is 5.02. The molecule has 1 fully saturated rings. The van der Waals surface area contributed by atoms with Crippen molar-refractivity contribution in [1.82, 2.24) is 5.32 Å². The van der Waals surface area contributed by atoms with Crippen molar-refractivity contribution in [2.45, 2.75) is 51.4 Å². The van der Waals surface area contributed by atoms with Gasteiger partial charge >= 0.3 is 0 Å². The van der Waals surface area contributed by atoms with Gasteiger partial charge in [0.15, 0.2) is 0 Å². The molecule has 0 aromatic carbocycles. The summed E-state index contributed by atoms with van der Waals surface area (Å²) < 4.78 is 5.02. The zero-order chi connectivity index (χ0) is 10.8. The van der Waals surface area contributed by atoms with E-state index in [1.54, 1.807) is 7.11 Å². The predicted octanol–water partition coefficient (Wildman–Crippen LogP) is 2.97. The summed E-state index contributed by atoms with van der Waals surface area (Å²) in [5.74, 6) is 0.970. The fraction of sp³-hybridized carbons (Fsp3) is 1.00. The molecule has 1 saturated carbocycles. The Morgan fingerprint density at radius 3 is 2.60 bits per heavy atom. The lowest BCUT2D eigenvalue weighted by Crippen LogP contribution is -2.25. The summed E-state index contributed by atoms with van der Waals surface area (Å²) in [6.07, 6.45) is 11.1. The molecule has 0 aromatic heterocycles. The quantitative estimate of drug-likeness (QED) is 0.626. The molecule has 0 amide bonds. The van der Waals surface area contributed by atoms with Gasteiger partial charge in [-0.1, -0.05) is 19.3 Å². The van der Waals surface area contributed by atoms with Gasteiger partial charge in [-0.3, -0.25) is 0 Å². The highest BCUT2D eigenvalue weighted by molar-refractivity contribution is 4.67. The minimum Gasteiger partial charge on any atom is -0.385 e. The van der Waals surface area contributed by atoms with Crippen molar-refractivity contribution in [1.29, 1.82) is 0 Å². The van der Waals surface area contributed by atoms with Gasteiger partial charge in [0, 0.05) is 13.7 Å². The lowest BCUT2D eigenvalue weighted by atomic mass is 9.89. The van der Waals surface area contributed by atoms with Crippen molar-refractivity contribution in [2.24, 2.45) is 5.92 Å². The SMILES string of the molecule is COCCCCCNCC1CCCCC1. The van der Waals surface area contributed by atoms with E-state index in [1.165, 1.54) is 64.5 Å². The van der Waals surface area contributed by atoms with Crippen LogP contribution in [0.15, 0.2) is 0 Å². The van der Waals surface area contributed by atoms with Crippen LogP contribution in [0.3, 0.4) is 0 Å². The van der Waals surface area contributed by atoms with E-state index in [-0.39, 0.29) is 0 Å². The van der Waals surface area contributed by atoms with E-state index in [2.05, 4.69) is 5.32 Å². The van der Waals surface area contributed by atoms with Gasteiger partial charge in [-0.15, -0.1) is 0 Å². The lowest BCUT2D eigenvalue weighted by Gasteiger charge is -2.21. The van der Waals surface area contributed by atoms with Crippen LogP contribution in [0.1, 0.15) is 51.4 Å². The number of unbranched alkanes of at least 4 members (excludes halogenated alkanes) is 2. The average Bonchev–Trinajstić information content (AvgIpc) is 2.29. The maximum atomic E-state index is 5.02. The monoisotopic (exact) mass is 213 g/mol. The number of nitrogens with one attached hydrogen (secondary N) is 1. The molecule has 0 aliphatic heterocycles. The smallest absolute Gasteiger partial charge is 0.0462 e. The standard InChI is InChI=1S/C13H27NO/c1-15-11-7-3-6-10-14-12-13-8-4-2-5-9-13/h13-14H,2-12H2,1H3. The maximum Gasteiger partial charge on any atom is 0.0462 e. The number of hydrogen-bond acceptors (Lipinski definition) is 2. The highest BCUT2D eigenvalue weighted by Gasteiger charge is 2.11. The second-order valence-corrected chi connectivity index (χ2v) is 4.76. The Balaban J connectivity index is 1.79. The van der Waals surface area contributed by atoms with Crippen LogP contribution in [0.5, 0.6) is 0 Å². The van der Waals surface area contributed by atoms with Gasteiger partial charge in [0.25, 0.3) is 0 Å². The molecular formula is C13H27NO. The molecule has 0 heterocycles. The molecule has 0 radical (unpaired) electrons. The van der Waals surface area contributed by atoms with Gasteiger partial charge in [0.2, 0.25) is 0 Å². The second kappa shape index (κ2) is 9.17. The Labute approximate surface area is 94.8 Å². The number of methoxy groups -OCH3 is 1. The Bertz CT molecular complexity index is 132. The fourth-order valence-electron chi connectivity index (χ4n) is 2.37. The molecular weight excluding hydrogens is 186 g/mol. The van der Waals surface area contributed by atoms with Crippen molar-refractivity contribution < 1.29 is 4.74 Å². The first-order valence-electron chi connectivity index (χ1n) is 6.63. The van der Waals surface area contributed by atoms with Crippen LogP contribution in [-0.4, -0.2) is 26.8 Å². The summed E-state index contributed by atoms with van der Waals surface area (Å²) in [5, 5.41) is 3.59. The Morgan fingerprint density at radius 1 is 1.07 bits per heavy atom. The molecule has 1 N–H and O–H groups in total. The van der Waals surface area contributed by atoms with Gasteiger partial charge in [-0.25, -0.2) is 0 Å². The van der Waals surface area contributed by atoms with Crippen LogP contribution < -0.4 is 5.32 Å². The highest BCUT2D eigenvalue weighted by atomic mass is 16.5. The van der Waals surface area contributed by atoms with Crippen molar-refractivity contribution in [3.63, 3.8) is 0 Å². The van der Waals surface area contributed by atoms with E-state index in [9.17, 15) is 0 Å². The van der Waals surface area contributed by atoms with E-state index in [4.69, 9.17) is 4.74 Å². The first-order chi connectivity index (χ1) is 7.43. The third-order valence-electron chi connectivity index (χ3n) is 3.36. The van der Waals surface area contributed by atoms with Crippen molar-refractivity contribution >= 4 is 0 Å². The minimum atomic E-state index is 0.919. The first-order valence-corrected chi connectivity index (χ1v) is 6.63. The van der Waals surface area contributed by atoms with Gasteiger partial charge in [0.05, 0.1) is 0 Å². The van der Waals surface area contributed by atoms with Crippen LogP contribution in [0.25, 0.3) is 0 Å². The Kier molecular flexibility index (Phi) is 7.94. The van der Waals surface area contributed by atoms with E-state index in [0.29, 0.717) is 0 Å². The Hall–Kier alpha value is -0.0800. The third kappa shape index (κ3) is 6.91. The topological polar surface area (TPSA) is 21.3 Å². The Morgan fingerprint density at radius 2 is 1.87 bits per heavy atom. The molecule has 0 spiro atoms. The molecule has 0 bridgehead atoms. The second-order valence-electron chi connectivity index (χ2n) is 4.76. The first kappa shape index (κ1) is 13.0. The van der Waals surface area contributed by atoms with Gasteiger partial charge in [-0.05, 0) is 51.1 Å². The van der Waals surface area contributed by atoms with Crippen molar-refractivity contribution in [2.75, 3.05) is 26.8 Å². The summed E-state index contributed by atoms with van der Waals surface area (Å²) in [6, 6.07) is 0. The summed E-state index contributed by atoms with van der Waals surface area (Å²) in [6.45, 7) is 3.37. The number of rotatable bonds is 8. The molecule has 0 saturated heterocycles. The van der Waals surface area contributed by atoms with E-state index >= 15 is 0 Å². The molecule has 1 aliphatic rings.